The molecule has 0 radical (unpaired) electrons. The number of aromatic nitrogens is 2. The molecule has 3 heterocycles. The standard InChI is InChI=1S/C21H19N3O3S.ClH/c25-28(26,16-5-2-1-3-6-16)17-11-15(14-24-10-4-8-23-24)21-18(12-17)19-13-22-9-7-20(19)27-21;/h1-6,8,10-12,22H,7,9,13-14H2;1H. The van der Waals surface area contributed by atoms with Gasteiger partial charge >= 0.3 is 0 Å². The van der Waals surface area contributed by atoms with Gasteiger partial charge in [0.1, 0.15) is 11.3 Å². The van der Waals surface area contributed by atoms with E-state index in [1.54, 1.807) is 47.3 Å². The number of hydrogen-bond donors (Lipinski definition) is 1. The molecule has 29 heavy (non-hydrogen) atoms. The Morgan fingerprint density at radius 1 is 1.10 bits per heavy atom. The topological polar surface area (TPSA) is 77.1 Å². The van der Waals surface area contributed by atoms with Crippen LogP contribution in [0.4, 0.5) is 0 Å². The number of nitrogens with one attached hydrogen (secondary N) is 1. The van der Waals surface area contributed by atoms with E-state index in [0.29, 0.717) is 13.1 Å². The third-order valence-electron chi connectivity index (χ3n) is 5.11. The van der Waals surface area contributed by atoms with Gasteiger partial charge < -0.3 is 9.73 Å². The fourth-order valence-corrected chi connectivity index (χ4v) is 5.09. The number of nitrogens with zero attached hydrogens (tertiary/aromatic N) is 2. The monoisotopic (exact) mass is 429 g/mol. The average molecular weight is 430 g/mol. The number of benzene rings is 2. The first-order chi connectivity index (χ1) is 13.6. The first kappa shape index (κ1) is 19.7. The van der Waals surface area contributed by atoms with E-state index < -0.39 is 9.84 Å². The summed E-state index contributed by atoms with van der Waals surface area (Å²) in [5.41, 5.74) is 2.61. The molecule has 8 heteroatoms. The highest BCUT2D eigenvalue weighted by atomic mass is 35.5. The summed E-state index contributed by atoms with van der Waals surface area (Å²) in [6.07, 6.45) is 4.36. The molecule has 1 N–H and O–H groups in total. The molecule has 0 spiro atoms. The SMILES string of the molecule is Cl.O=S(=O)(c1ccccc1)c1cc(Cn2cccn2)c2oc3c(c2c1)CNCC3. The molecule has 1 aliphatic rings. The molecule has 2 aromatic heterocycles. The summed E-state index contributed by atoms with van der Waals surface area (Å²) in [7, 11) is -3.63. The first-order valence-electron chi connectivity index (χ1n) is 9.18. The van der Waals surface area contributed by atoms with Crippen molar-refractivity contribution in [2.45, 2.75) is 29.3 Å². The Morgan fingerprint density at radius 2 is 1.93 bits per heavy atom. The quantitative estimate of drug-likeness (QED) is 0.536. The highest BCUT2D eigenvalue weighted by Gasteiger charge is 2.25. The van der Waals surface area contributed by atoms with Crippen molar-refractivity contribution in [1.82, 2.24) is 15.1 Å². The van der Waals surface area contributed by atoms with Crippen LogP contribution in [0.15, 0.2) is 75.1 Å². The maximum atomic E-state index is 13.3. The molecule has 1 aliphatic heterocycles. The number of furan rings is 1. The second-order valence-corrected chi connectivity index (χ2v) is 8.86. The van der Waals surface area contributed by atoms with E-state index in [1.807, 2.05) is 18.3 Å². The Balaban J connectivity index is 0.00000205. The van der Waals surface area contributed by atoms with E-state index >= 15 is 0 Å². The van der Waals surface area contributed by atoms with Crippen LogP contribution in [0.5, 0.6) is 0 Å². The van der Waals surface area contributed by atoms with Gasteiger partial charge in [-0.1, -0.05) is 18.2 Å². The summed E-state index contributed by atoms with van der Waals surface area (Å²) >= 11 is 0. The van der Waals surface area contributed by atoms with Crippen molar-refractivity contribution in [1.29, 1.82) is 0 Å². The molecule has 0 aliphatic carbocycles. The third kappa shape index (κ3) is 3.46. The van der Waals surface area contributed by atoms with E-state index in [1.165, 1.54) is 0 Å². The summed E-state index contributed by atoms with van der Waals surface area (Å²) in [5.74, 6) is 0.935. The van der Waals surface area contributed by atoms with Crippen LogP contribution in [0.1, 0.15) is 16.9 Å². The van der Waals surface area contributed by atoms with Crippen LogP contribution in [0.25, 0.3) is 11.0 Å². The minimum atomic E-state index is -3.63. The second-order valence-electron chi connectivity index (χ2n) is 6.91. The molecule has 6 nitrogen and oxygen atoms in total. The van der Waals surface area contributed by atoms with Crippen molar-refractivity contribution in [2.75, 3.05) is 6.54 Å². The molecule has 0 bridgehead atoms. The summed E-state index contributed by atoms with van der Waals surface area (Å²) in [6.45, 7) is 1.98. The molecule has 5 rings (SSSR count). The lowest BCUT2D eigenvalue weighted by atomic mass is 10.0. The van der Waals surface area contributed by atoms with Gasteiger partial charge in [0, 0.05) is 48.4 Å². The van der Waals surface area contributed by atoms with Crippen molar-refractivity contribution < 1.29 is 12.8 Å². The van der Waals surface area contributed by atoms with Gasteiger partial charge in [-0.3, -0.25) is 4.68 Å². The Morgan fingerprint density at radius 3 is 2.69 bits per heavy atom. The fourth-order valence-electron chi connectivity index (χ4n) is 3.73. The zero-order chi connectivity index (χ0) is 19.1. The molecule has 150 valence electrons. The summed E-state index contributed by atoms with van der Waals surface area (Å²) in [4.78, 5) is 0.567. The molecule has 0 atom stereocenters. The maximum absolute atomic E-state index is 13.3. The molecular weight excluding hydrogens is 410 g/mol. The zero-order valence-corrected chi connectivity index (χ0v) is 17.2. The van der Waals surface area contributed by atoms with E-state index in [2.05, 4.69) is 10.4 Å². The van der Waals surface area contributed by atoms with Crippen LogP contribution in [-0.2, 0) is 29.3 Å². The molecule has 0 saturated heterocycles. The van der Waals surface area contributed by atoms with Gasteiger partial charge in [-0.2, -0.15) is 5.10 Å². The Bertz CT molecular complexity index is 1250. The van der Waals surface area contributed by atoms with Crippen LogP contribution in [0.3, 0.4) is 0 Å². The smallest absolute Gasteiger partial charge is 0.206 e. The number of rotatable bonds is 4. The Kier molecular flexibility index (Phi) is 5.21. The van der Waals surface area contributed by atoms with Gasteiger partial charge in [0.2, 0.25) is 9.84 Å². The number of sulfone groups is 1. The average Bonchev–Trinajstić information content (AvgIpc) is 3.36. The highest BCUT2D eigenvalue weighted by molar-refractivity contribution is 7.91. The Labute approximate surface area is 174 Å². The predicted molar refractivity (Wildman–Crippen MR) is 112 cm³/mol. The normalized spacial score (nSPS) is 13.8. The van der Waals surface area contributed by atoms with E-state index in [9.17, 15) is 8.42 Å². The van der Waals surface area contributed by atoms with Crippen LogP contribution in [0.2, 0.25) is 0 Å². The summed E-state index contributed by atoms with van der Waals surface area (Å²) in [5, 5.41) is 8.47. The zero-order valence-electron chi connectivity index (χ0n) is 15.5. The van der Waals surface area contributed by atoms with Gasteiger partial charge in [0.25, 0.3) is 0 Å². The van der Waals surface area contributed by atoms with Crippen molar-refractivity contribution in [3.8, 4) is 0 Å². The maximum Gasteiger partial charge on any atom is 0.206 e. The van der Waals surface area contributed by atoms with Gasteiger partial charge in [0.05, 0.1) is 16.3 Å². The largest absolute Gasteiger partial charge is 0.460 e. The van der Waals surface area contributed by atoms with Crippen molar-refractivity contribution in [2.24, 2.45) is 0 Å². The highest BCUT2D eigenvalue weighted by Crippen LogP contribution is 2.34. The number of hydrogen-bond acceptors (Lipinski definition) is 5. The lowest BCUT2D eigenvalue weighted by molar-refractivity contribution is 0.497. The van der Waals surface area contributed by atoms with Gasteiger partial charge in [0.15, 0.2) is 0 Å². The van der Waals surface area contributed by atoms with E-state index in [-0.39, 0.29) is 22.2 Å². The molecule has 0 saturated carbocycles. The fraction of sp³-hybridized carbons (Fsp3) is 0.190. The van der Waals surface area contributed by atoms with Crippen molar-refractivity contribution in [3.63, 3.8) is 0 Å². The minimum Gasteiger partial charge on any atom is -0.460 e. The van der Waals surface area contributed by atoms with Gasteiger partial charge in [-0.25, -0.2) is 8.42 Å². The summed E-state index contributed by atoms with van der Waals surface area (Å²) in [6, 6.07) is 13.8. The molecule has 0 amide bonds. The summed E-state index contributed by atoms with van der Waals surface area (Å²) < 4.78 is 34.4. The first-order valence-corrected chi connectivity index (χ1v) is 10.7. The van der Waals surface area contributed by atoms with Crippen molar-refractivity contribution in [3.05, 3.63) is 77.8 Å². The lowest BCUT2D eigenvalue weighted by Gasteiger charge is -2.11. The van der Waals surface area contributed by atoms with E-state index in [4.69, 9.17) is 4.42 Å². The lowest BCUT2D eigenvalue weighted by Crippen LogP contribution is -2.22. The molecule has 4 aromatic rings. The Hall–Kier alpha value is -2.61. The minimum absolute atomic E-state index is 0. The van der Waals surface area contributed by atoms with E-state index in [0.717, 1.165) is 40.8 Å². The second kappa shape index (κ2) is 7.67. The third-order valence-corrected chi connectivity index (χ3v) is 6.86. The molecule has 2 aromatic carbocycles. The van der Waals surface area contributed by atoms with Crippen LogP contribution >= 0.6 is 12.4 Å². The van der Waals surface area contributed by atoms with Crippen LogP contribution < -0.4 is 5.32 Å². The van der Waals surface area contributed by atoms with Crippen LogP contribution in [-0.4, -0.2) is 24.7 Å². The molecule has 0 unspecified atom stereocenters. The van der Waals surface area contributed by atoms with Crippen molar-refractivity contribution >= 4 is 33.2 Å². The van der Waals surface area contributed by atoms with Gasteiger partial charge in [-0.05, 0) is 30.3 Å². The number of halogens is 1. The van der Waals surface area contributed by atoms with Gasteiger partial charge in [-0.15, -0.1) is 12.4 Å². The molecular formula is C21H20ClN3O3S. The number of fused-ring (bicyclic) bond motifs is 3. The molecule has 0 fully saturated rings. The predicted octanol–water partition coefficient (Wildman–Crippen LogP) is 3.58. The van der Waals surface area contributed by atoms with Crippen LogP contribution in [0, 0.1) is 0 Å².